The van der Waals surface area contributed by atoms with Crippen LogP contribution in [-0.2, 0) is 21.4 Å². The molecular formula is C27H33N3O3S. The van der Waals surface area contributed by atoms with Crippen LogP contribution in [0, 0.1) is 13.8 Å². The number of amides is 2. The molecule has 0 spiro atoms. The van der Waals surface area contributed by atoms with Crippen molar-refractivity contribution in [1.29, 1.82) is 0 Å². The lowest BCUT2D eigenvalue weighted by Gasteiger charge is -2.31. The van der Waals surface area contributed by atoms with Gasteiger partial charge in [-0.25, -0.2) is 0 Å². The summed E-state index contributed by atoms with van der Waals surface area (Å²) < 4.78 is 7.72. The minimum absolute atomic E-state index is 0.0673. The van der Waals surface area contributed by atoms with Gasteiger partial charge in [-0.3, -0.25) is 14.5 Å². The fraction of sp³-hybridized carbons (Fsp3) is 0.407. The molecule has 1 aromatic heterocycles. The Hall–Kier alpha value is -2.77. The van der Waals surface area contributed by atoms with E-state index in [0.29, 0.717) is 19.6 Å². The van der Waals surface area contributed by atoms with Crippen molar-refractivity contribution in [1.82, 2.24) is 9.88 Å². The summed E-state index contributed by atoms with van der Waals surface area (Å²) in [5.41, 5.74) is 4.83. The molecule has 1 aliphatic rings. The zero-order valence-corrected chi connectivity index (χ0v) is 21.4. The van der Waals surface area contributed by atoms with Gasteiger partial charge in [0.15, 0.2) is 0 Å². The number of carbonyl (C=O) groups excluding carboxylic acids is 2. The van der Waals surface area contributed by atoms with E-state index >= 15 is 0 Å². The Morgan fingerprint density at radius 2 is 1.94 bits per heavy atom. The largest absolute Gasteiger partial charge is 0.379 e. The first-order chi connectivity index (χ1) is 16.3. The second-order valence-corrected chi connectivity index (χ2v) is 10.00. The van der Waals surface area contributed by atoms with Crippen molar-refractivity contribution in [3.63, 3.8) is 0 Å². The highest BCUT2D eigenvalue weighted by molar-refractivity contribution is 8.00. The van der Waals surface area contributed by atoms with Gasteiger partial charge < -0.3 is 14.6 Å². The van der Waals surface area contributed by atoms with Crippen molar-refractivity contribution in [2.24, 2.45) is 7.05 Å². The minimum Gasteiger partial charge on any atom is -0.379 e. The summed E-state index contributed by atoms with van der Waals surface area (Å²) in [4.78, 5) is 29.1. The van der Waals surface area contributed by atoms with Gasteiger partial charge in [-0.15, -0.1) is 0 Å². The lowest BCUT2D eigenvalue weighted by Crippen LogP contribution is -2.44. The molecule has 2 heterocycles. The Bertz CT molecular complexity index is 1220. The number of anilines is 1. The number of hydrogen-bond acceptors (Lipinski definition) is 4. The number of aryl methyl sites for hydroxylation is 2. The number of nitrogens with one attached hydrogen (secondary N) is 1. The number of fused-ring (bicyclic) bond motifs is 3. The summed E-state index contributed by atoms with van der Waals surface area (Å²) >= 11 is 1.51. The van der Waals surface area contributed by atoms with Crippen molar-refractivity contribution in [3.05, 3.63) is 59.2 Å². The predicted octanol–water partition coefficient (Wildman–Crippen LogP) is 4.91. The van der Waals surface area contributed by atoms with Crippen molar-refractivity contribution in [2.75, 3.05) is 23.8 Å². The van der Waals surface area contributed by atoms with Crippen LogP contribution in [0.4, 0.5) is 5.69 Å². The molecular weight excluding hydrogens is 446 g/mol. The highest BCUT2D eigenvalue weighted by Gasteiger charge is 2.40. The molecule has 0 saturated carbocycles. The molecule has 3 aromatic rings. The van der Waals surface area contributed by atoms with E-state index in [-0.39, 0.29) is 23.7 Å². The topological polar surface area (TPSA) is 63.6 Å². The zero-order chi connectivity index (χ0) is 24.4. The Balaban J connectivity index is 1.80. The zero-order valence-electron chi connectivity index (χ0n) is 20.6. The number of ether oxygens (including phenoxy) is 1. The molecule has 2 amide bonds. The monoisotopic (exact) mass is 479 g/mol. The van der Waals surface area contributed by atoms with Crippen LogP contribution in [0.15, 0.2) is 47.5 Å². The van der Waals surface area contributed by atoms with Crippen LogP contribution >= 0.6 is 11.8 Å². The van der Waals surface area contributed by atoms with Gasteiger partial charge >= 0.3 is 0 Å². The SMILES string of the molecule is Cc1cccc(N2C(=O)CSc3c(c4ccccc4n3C)[C@H]2C(=O)NCCCOC(C)C)c1C. The lowest BCUT2D eigenvalue weighted by atomic mass is 9.99. The second kappa shape index (κ2) is 10.2. The normalized spacial score (nSPS) is 16.1. The summed E-state index contributed by atoms with van der Waals surface area (Å²) in [6.07, 6.45) is 0.871. The third kappa shape index (κ3) is 4.59. The molecule has 2 aromatic carbocycles. The summed E-state index contributed by atoms with van der Waals surface area (Å²) in [6.45, 7) is 9.11. The number of hydrogen-bond donors (Lipinski definition) is 1. The van der Waals surface area contributed by atoms with Crippen LogP contribution < -0.4 is 10.2 Å². The van der Waals surface area contributed by atoms with Crippen LogP contribution in [0.5, 0.6) is 0 Å². The molecule has 7 heteroatoms. The molecule has 0 aliphatic carbocycles. The molecule has 1 atom stereocenters. The quantitative estimate of drug-likeness (QED) is 0.489. The lowest BCUT2D eigenvalue weighted by molar-refractivity contribution is -0.125. The molecule has 0 unspecified atom stereocenters. The molecule has 4 rings (SSSR count). The van der Waals surface area contributed by atoms with E-state index in [4.69, 9.17) is 4.74 Å². The van der Waals surface area contributed by atoms with Crippen molar-refractivity contribution in [3.8, 4) is 0 Å². The van der Waals surface area contributed by atoms with E-state index in [2.05, 4.69) is 16.0 Å². The third-order valence-electron chi connectivity index (χ3n) is 6.38. The van der Waals surface area contributed by atoms with Crippen LogP contribution in [0.2, 0.25) is 0 Å². The Labute approximate surface area is 205 Å². The van der Waals surface area contributed by atoms with E-state index in [9.17, 15) is 9.59 Å². The molecule has 1 aliphatic heterocycles. The molecule has 0 fully saturated rings. The number of rotatable bonds is 7. The minimum atomic E-state index is -0.755. The third-order valence-corrected chi connectivity index (χ3v) is 7.54. The van der Waals surface area contributed by atoms with Gasteiger partial charge in [-0.2, -0.15) is 0 Å². The highest BCUT2D eigenvalue weighted by atomic mass is 32.2. The van der Waals surface area contributed by atoms with Crippen LogP contribution in [0.1, 0.15) is 43.0 Å². The standard InChI is InChI=1S/C27H33N3O3S/c1-17(2)33-15-9-14-28-26(32)25-24-20-11-6-7-12-22(20)29(5)27(24)34-16-23(31)30(25)21-13-8-10-18(3)19(21)4/h6-8,10-13,17,25H,9,14-16H2,1-5H3,(H,28,32)/t25-/m0/s1. The maximum atomic E-state index is 13.8. The van der Waals surface area contributed by atoms with Gasteiger partial charge in [0.25, 0.3) is 0 Å². The smallest absolute Gasteiger partial charge is 0.247 e. The highest BCUT2D eigenvalue weighted by Crippen LogP contribution is 2.44. The Morgan fingerprint density at radius 1 is 1.18 bits per heavy atom. The molecule has 180 valence electrons. The maximum absolute atomic E-state index is 13.8. The van der Waals surface area contributed by atoms with Crippen molar-refractivity contribution < 1.29 is 14.3 Å². The number of nitrogens with zero attached hydrogens (tertiary/aromatic N) is 2. The van der Waals surface area contributed by atoms with Gasteiger partial charge in [0.1, 0.15) is 6.04 Å². The van der Waals surface area contributed by atoms with Crippen LogP contribution in [0.3, 0.4) is 0 Å². The summed E-state index contributed by atoms with van der Waals surface area (Å²) in [7, 11) is 2.00. The fourth-order valence-electron chi connectivity index (χ4n) is 4.53. The Morgan fingerprint density at radius 3 is 2.71 bits per heavy atom. The van der Waals surface area contributed by atoms with E-state index in [0.717, 1.165) is 38.3 Å². The molecule has 1 N–H and O–H groups in total. The second-order valence-electron chi connectivity index (χ2n) is 9.03. The summed E-state index contributed by atoms with van der Waals surface area (Å²) in [5, 5.41) is 5.06. The van der Waals surface area contributed by atoms with Crippen LogP contribution in [0.25, 0.3) is 10.9 Å². The van der Waals surface area contributed by atoms with Gasteiger partial charge in [0.05, 0.1) is 16.9 Å². The van der Waals surface area contributed by atoms with Gasteiger partial charge in [0.2, 0.25) is 11.8 Å². The van der Waals surface area contributed by atoms with E-state index in [1.54, 1.807) is 4.90 Å². The maximum Gasteiger partial charge on any atom is 0.247 e. The molecule has 0 saturated heterocycles. The average Bonchev–Trinajstić information content (AvgIpc) is 2.98. The van der Waals surface area contributed by atoms with Gasteiger partial charge in [0, 0.05) is 42.4 Å². The average molecular weight is 480 g/mol. The van der Waals surface area contributed by atoms with Gasteiger partial charge in [-0.1, -0.05) is 42.1 Å². The molecule has 34 heavy (non-hydrogen) atoms. The first kappa shape index (κ1) is 24.4. The van der Waals surface area contributed by atoms with E-state index in [1.165, 1.54) is 11.8 Å². The summed E-state index contributed by atoms with van der Waals surface area (Å²) in [6, 6.07) is 13.3. The first-order valence-corrected chi connectivity index (χ1v) is 12.8. The van der Waals surface area contributed by atoms with E-state index < -0.39 is 6.04 Å². The van der Waals surface area contributed by atoms with E-state index in [1.807, 2.05) is 71.1 Å². The van der Waals surface area contributed by atoms with Crippen LogP contribution in [-0.4, -0.2) is 41.4 Å². The van der Waals surface area contributed by atoms with Gasteiger partial charge in [-0.05, 0) is 57.4 Å². The molecule has 0 radical (unpaired) electrons. The fourth-order valence-corrected chi connectivity index (χ4v) is 5.60. The first-order valence-electron chi connectivity index (χ1n) is 11.8. The number of aromatic nitrogens is 1. The number of thioether (sulfide) groups is 1. The summed E-state index contributed by atoms with van der Waals surface area (Å²) in [5.74, 6) is 0.0393. The predicted molar refractivity (Wildman–Crippen MR) is 139 cm³/mol. The number of para-hydroxylation sites is 1. The van der Waals surface area contributed by atoms with Crippen molar-refractivity contribution >= 4 is 40.2 Å². The number of carbonyl (C=O) groups is 2. The number of benzene rings is 2. The Kier molecular flexibility index (Phi) is 7.33. The molecule has 0 bridgehead atoms. The van der Waals surface area contributed by atoms with Crippen molar-refractivity contribution in [2.45, 2.75) is 51.3 Å². The molecule has 6 nitrogen and oxygen atoms in total.